The molecule has 5 rings (SSSR count). The van der Waals surface area contributed by atoms with Crippen LogP contribution < -0.4 is 0 Å². The Kier molecular flexibility index (Phi) is 5.77. The fraction of sp³-hybridized carbons (Fsp3) is 0.567. The van der Waals surface area contributed by atoms with Crippen molar-refractivity contribution in [3.63, 3.8) is 0 Å². The molecular weight excluding hydrogens is 408 g/mol. The molecule has 0 bridgehead atoms. The van der Waals surface area contributed by atoms with Gasteiger partial charge in [0.25, 0.3) is 0 Å². The number of fused-ring (bicyclic) bond motifs is 4. The van der Waals surface area contributed by atoms with Crippen LogP contribution in [0.2, 0.25) is 0 Å². The summed E-state index contributed by atoms with van der Waals surface area (Å²) in [7, 11) is 3.68. The summed E-state index contributed by atoms with van der Waals surface area (Å²) in [6, 6.07) is 9.08. The molecule has 0 N–H and O–H groups in total. The molecule has 0 aromatic heterocycles. The molecular formula is C30H38O3. The molecule has 2 saturated carbocycles. The lowest BCUT2D eigenvalue weighted by Gasteiger charge is -2.55. The van der Waals surface area contributed by atoms with Crippen molar-refractivity contribution in [2.24, 2.45) is 17.3 Å². The molecule has 176 valence electrons. The van der Waals surface area contributed by atoms with Crippen molar-refractivity contribution < 1.29 is 14.3 Å². The van der Waals surface area contributed by atoms with Gasteiger partial charge in [-0.3, -0.25) is 4.79 Å². The van der Waals surface area contributed by atoms with E-state index in [-0.39, 0.29) is 11.0 Å². The molecule has 0 radical (unpaired) electrons. The van der Waals surface area contributed by atoms with E-state index < -0.39 is 0 Å². The standard InChI is InChI=1S/C30H38O3/c1-19(2)20-6-8-21(9-7-20)26-17-29(3)27(14-15-30(29,33-5)18-32-4)25-12-10-22-16-23(31)11-13-24(22)28(25)26/h6-9,16,25-27H,1,10-15,17-18H2,2-5H3/t25-,26+,27-,29-,30+/m0/s1. The van der Waals surface area contributed by atoms with Gasteiger partial charge in [0.1, 0.15) is 0 Å². The maximum atomic E-state index is 12.2. The third kappa shape index (κ3) is 3.42. The van der Waals surface area contributed by atoms with Gasteiger partial charge in [-0.25, -0.2) is 0 Å². The van der Waals surface area contributed by atoms with Gasteiger partial charge in [0.2, 0.25) is 0 Å². The highest BCUT2D eigenvalue weighted by molar-refractivity contribution is 5.93. The van der Waals surface area contributed by atoms with Crippen LogP contribution in [0.4, 0.5) is 0 Å². The summed E-state index contributed by atoms with van der Waals surface area (Å²) in [5.74, 6) is 1.81. The zero-order valence-corrected chi connectivity index (χ0v) is 20.7. The summed E-state index contributed by atoms with van der Waals surface area (Å²) in [6.07, 6.45) is 9.01. The minimum Gasteiger partial charge on any atom is -0.382 e. The number of rotatable bonds is 5. The van der Waals surface area contributed by atoms with Gasteiger partial charge in [-0.05, 0) is 85.6 Å². The minimum atomic E-state index is -0.239. The van der Waals surface area contributed by atoms with E-state index in [2.05, 4.69) is 44.7 Å². The van der Waals surface area contributed by atoms with Gasteiger partial charge in [-0.15, -0.1) is 0 Å². The fourth-order valence-electron chi connectivity index (χ4n) is 7.90. The van der Waals surface area contributed by atoms with Gasteiger partial charge >= 0.3 is 0 Å². The maximum absolute atomic E-state index is 12.2. The Labute approximate surface area is 198 Å². The molecule has 5 atom stereocenters. The van der Waals surface area contributed by atoms with Crippen molar-refractivity contribution in [3.05, 3.63) is 64.8 Å². The molecule has 0 unspecified atom stereocenters. The highest BCUT2D eigenvalue weighted by atomic mass is 16.5. The van der Waals surface area contributed by atoms with Crippen LogP contribution in [0.15, 0.2) is 53.6 Å². The molecule has 1 aromatic carbocycles. The van der Waals surface area contributed by atoms with E-state index in [0.29, 0.717) is 36.6 Å². The summed E-state index contributed by atoms with van der Waals surface area (Å²) in [6.45, 7) is 9.31. The maximum Gasteiger partial charge on any atom is 0.156 e. The summed E-state index contributed by atoms with van der Waals surface area (Å²) in [5, 5.41) is 0. The van der Waals surface area contributed by atoms with Crippen LogP contribution in [0.5, 0.6) is 0 Å². The average molecular weight is 447 g/mol. The summed E-state index contributed by atoms with van der Waals surface area (Å²) in [4.78, 5) is 12.2. The van der Waals surface area contributed by atoms with Gasteiger partial charge in [0.15, 0.2) is 5.78 Å². The van der Waals surface area contributed by atoms with Crippen LogP contribution in [0.3, 0.4) is 0 Å². The van der Waals surface area contributed by atoms with E-state index in [0.717, 1.165) is 37.7 Å². The molecule has 0 spiro atoms. The van der Waals surface area contributed by atoms with Crippen molar-refractivity contribution in [1.82, 2.24) is 0 Å². The van der Waals surface area contributed by atoms with Crippen molar-refractivity contribution in [3.8, 4) is 0 Å². The first-order valence-electron chi connectivity index (χ1n) is 12.6. The average Bonchev–Trinajstić information content (AvgIpc) is 3.10. The van der Waals surface area contributed by atoms with Gasteiger partial charge in [-0.2, -0.15) is 0 Å². The Hall–Kier alpha value is -1.97. The lowest BCUT2D eigenvalue weighted by Crippen LogP contribution is -2.54. The highest BCUT2D eigenvalue weighted by Gasteiger charge is 2.63. The van der Waals surface area contributed by atoms with E-state index in [9.17, 15) is 4.79 Å². The van der Waals surface area contributed by atoms with E-state index in [1.165, 1.54) is 28.7 Å². The van der Waals surface area contributed by atoms with Crippen molar-refractivity contribution in [2.75, 3.05) is 20.8 Å². The normalized spacial score (nSPS) is 35.6. The molecule has 3 heteroatoms. The molecule has 0 amide bonds. The van der Waals surface area contributed by atoms with Gasteiger partial charge in [-0.1, -0.05) is 48.9 Å². The number of carbonyl (C=O) groups is 1. The Morgan fingerprint density at radius 1 is 1.12 bits per heavy atom. The third-order valence-corrected chi connectivity index (χ3v) is 9.60. The first kappa shape index (κ1) is 22.8. The van der Waals surface area contributed by atoms with Crippen molar-refractivity contribution in [2.45, 2.75) is 70.3 Å². The van der Waals surface area contributed by atoms with Crippen LogP contribution in [0.25, 0.3) is 5.57 Å². The Morgan fingerprint density at radius 2 is 1.88 bits per heavy atom. The second kappa shape index (κ2) is 8.36. The molecule has 0 saturated heterocycles. The molecule has 33 heavy (non-hydrogen) atoms. The zero-order chi connectivity index (χ0) is 23.4. The van der Waals surface area contributed by atoms with Gasteiger partial charge in [0, 0.05) is 32.0 Å². The summed E-state index contributed by atoms with van der Waals surface area (Å²) in [5.41, 5.74) is 7.95. The second-order valence-corrected chi connectivity index (χ2v) is 11.1. The number of ketones is 1. The Bertz CT molecular complexity index is 1030. The van der Waals surface area contributed by atoms with Gasteiger partial charge in [0.05, 0.1) is 12.2 Å². The van der Waals surface area contributed by atoms with E-state index in [4.69, 9.17) is 9.47 Å². The minimum absolute atomic E-state index is 0.0515. The van der Waals surface area contributed by atoms with Crippen LogP contribution >= 0.6 is 0 Å². The number of ether oxygens (including phenoxy) is 2. The summed E-state index contributed by atoms with van der Waals surface area (Å²) < 4.78 is 12.1. The zero-order valence-electron chi connectivity index (χ0n) is 20.7. The van der Waals surface area contributed by atoms with Gasteiger partial charge < -0.3 is 9.47 Å². The molecule has 0 aliphatic heterocycles. The van der Waals surface area contributed by atoms with Crippen molar-refractivity contribution >= 4 is 11.4 Å². The lowest BCUT2D eigenvalue weighted by molar-refractivity contribution is -0.149. The monoisotopic (exact) mass is 446 g/mol. The lowest BCUT2D eigenvalue weighted by atomic mass is 9.51. The van der Waals surface area contributed by atoms with Crippen LogP contribution in [-0.2, 0) is 14.3 Å². The van der Waals surface area contributed by atoms with E-state index in [1.807, 2.05) is 13.2 Å². The number of allylic oxidation sites excluding steroid dienone is 5. The molecule has 2 fully saturated rings. The quantitative estimate of drug-likeness (QED) is 0.508. The number of hydrogen-bond donors (Lipinski definition) is 0. The molecule has 0 heterocycles. The van der Waals surface area contributed by atoms with Crippen molar-refractivity contribution in [1.29, 1.82) is 0 Å². The third-order valence-electron chi connectivity index (χ3n) is 9.60. The number of carbonyl (C=O) groups excluding carboxylic acids is 1. The predicted octanol–water partition coefficient (Wildman–Crippen LogP) is 6.65. The van der Waals surface area contributed by atoms with Crippen LogP contribution in [0, 0.1) is 17.3 Å². The van der Waals surface area contributed by atoms with Crippen LogP contribution in [0.1, 0.15) is 75.8 Å². The highest BCUT2D eigenvalue weighted by Crippen LogP contribution is 2.67. The smallest absolute Gasteiger partial charge is 0.156 e. The van der Waals surface area contributed by atoms with Crippen LogP contribution in [-0.4, -0.2) is 32.2 Å². The Morgan fingerprint density at radius 3 is 2.55 bits per heavy atom. The first-order chi connectivity index (χ1) is 15.8. The predicted molar refractivity (Wildman–Crippen MR) is 133 cm³/mol. The second-order valence-electron chi connectivity index (χ2n) is 11.1. The summed E-state index contributed by atoms with van der Waals surface area (Å²) >= 11 is 0. The largest absolute Gasteiger partial charge is 0.382 e. The van der Waals surface area contributed by atoms with E-state index in [1.54, 1.807) is 12.7 Å². The molecule has 4 aliphatic carbocycles. The molecule has 1 aromatic rings. The molecule has 3 nitrogen and oxygen atoms in total. The number of benzene rings is 1. The fourth-order valence-corrected chi connectivity index (χ4v) is 7.90. The first-order valence-corrected chi connectivity index (χ1v) is 12.6. The Balaban J connectivity index is 1.66. The molecule has 4 aliphatic rings. The number of hydrogen-bond acceptors (Lipinski definition) is 3. The topological polar surface area (TPSA) is 35.5 Å². The number of methoxy groups -OCH3 is 2. The van der Waals surface area contributed by atoms with E-state index >= 15 is 0 Å². The SMILES string of the molecule is C=C(C)c1ccc([C@H]2C[C@@]3(C)[C@@H](CC[C@]3(COC)OC)[C@@H]3CCC4=CC(=O)CCC4=C32)cc1.